The molecule has 1 aliphatic heterocycles. The van der Waals surface area contributed by atoms with Crippen molar-refractivity contribution in [3.63, 3.8) is 0 Å². The zero-order valence-electron chi connectivity index (χ0n) is 7.84. The van der Waals surface area contributed by atoms with Crippen molar-refractivity contribution in [2.45, 2.75) is 25.7 Å². The molecule has 0 aliphatic carbocycles. The van der Waals surface area contributed by atoms with Crippen LogP contribution in [0.5, 0.6) is 0 Å². The van der Waals surface area contributed by atoms with Gasteiger partial charge in [0.05, 0.1) is 13.5 Å². The van der Waals surface area contributed by atoms with E-state index in [-0.39, 0.29) is 24.2 Å². The van der Waals surface area contributed by atoms with Crippen LogP contribution in [0.1, 0.15) is 25.7 Å². The van der Waals surface area contributed by atoms with Gasteiger partial charge in [-0.2, -0.15) is 0 Å². The van der Waals surface area contributed by atoms with Gasteiger partial charge in [0.15, 0.2) is 0 Å². The molecule has 1 atom stereocenters. The first-order valence-corrected chi connectivity index (χ1v) is 4.58. The lowest BCUT2D eigenvalue weighted by Crippen LogP contribution is -2.30. The van der Waals surface area contributed by atoms with Crippen molar-refractivity contribution in [2.75, 3.05) is 13.7 Å². The van der Waals surface area contributed by atoms with Gasteiger partial charge in [-0.25, -0.2) is 0 Å². The second-order valence-corrected chi connectivity index (χ2v) is 3.26. The van der Waals surface area contributed by atoms with Crippen LogP contribution in [0.25, 0.3) is 0 Å². The number of hydrogen-bond acceptors (Lipinski definition) is 3. The lowest BCUT2D eigenvalue weighted by atomic mass is 9.99. The second-order valence-electron chi connectivity index (χ2n) is 3.26. The summed E-state index contributed by atoms with van der Waals surface area (Å²) in [6.45, 7) is 0.733. The fourth-order valence-corrected chi connectivity index (χ4v) is 1.48. The maximum absolute atomic E-state index is 11.3. The summed E-state index contributed by atoms with van der Waals surface area (Å²) in [6, 6.07) is 0. The summed E-state index contributed by atoms with van der Waals surface area (Å²) in [7, 11) is 1.34. The number of ether oxygens (including phenoxy) is 1. The predicted molar refractivity (Wildman–Crippen MR) is 47.0 cm³/mol. The summed E-state index contributed by atoms with van der Waals surface area (Å²) in [5.41, 5.74) is 0. The van der Waals surface area contributed by atoms with Crippen molar-refractivity contribution in [1.82, 2.24) is 5.32 Å². The van der Waals surface area contributed by atoms with E-state index in [0.29, 0.717) is 0 Å². The van der Waals surface area contributed by atoms with E-state index in [1.54, 1.807) is 0 Å². The molecule has 1 aliphatic rings. The molecule has 74 valence electrons. The number of carbonyl (C=O) groups is 2. The van der Waals surface area contributed by atoms with E-state index >= 15 is 0 Å². The summed E-state index contributed by atoms with van der Waals surface area (Å²) >= 11 is 0. The molecule has 1 heterocycles. The summed E-state index contributed by atoms with van der Waals surface area (Å²) in [5, 5.41) is 2.78. The average molecular weight is 185 g/mol. The predicted octanol–water partition coefficient (Wildman–Crippen LogP) is 0.466. The first-order chi connectivity index (χ1) is 6.24. The van der Waals surface area contributed by atoms with Gasteiger partial charge in [-0.15, -0.1) is 0 Å². The lowest BCUT2D eigenvalue weighted by molar-refractivity contribution is -0.144. The minimum atomic E-state index is -0.304. The van der Waals surface area contributed by atoms with E-state index in [0.717, 1.165) is 25.8 Å². The van der Waals surface area contributed by atoms with Crippen LogP contribution in [-0.2, 0) is 14.3 Å². The summed E-state index contributed by atoms with van der Waals surface area (Å²) in [6.07, 6.45) is 3.01. The van der Waals surface area contributed by atoms with Gasteiger partial charge in [-0.3, -0.25) is 9.59 Å². The standard InChI is InChI=1S/C9H15NO3/c1-13-8(11)6-7-4-2-3-5-10-9(7)12/h7H,2-6H2,1H3,(H,10,12). The maximum Gasteiger partial charge on any atom is 0.306 e. The summed E-state index contributed by atoms with van der Waals surface area (Å²) in [4.78, 5) is 22.3. The molecular formula is C9H15NO3. The SMILES string of the molecule is COC(=O)CC1CCCCNC1=O. The molecule has 0 saturated carbocycles. The molecule has 13 heavy (non-hydrogen) atoms. The topological polar surface area (TPSA) is 55.4 Å². The van der Waals surface area contributed by atoms with Crippen molar-refractivity contribution >= 4 is 11.9 Å². The average Bonchev–Trinajstić information content (AvgIpc) is 2.32. The van der Waals surface area contributed by atoms with Gasteiger partial charge in [0.1, 0.15) is 0 Å². The van der Waals surface area contributed by atoms with Crippen LogP contribution in [0, 0.1) is 5.92 Å². The van der Waals surface area contributed by atoms with Gasteiger partial charge in [0, 0.05) is 12.5 Å². The van der Waals surface area contributed by atoms with Gasteiger partial charge < -0.3 is 10.1 Å². The normalized spacial score (nSPS) is 23.2. The monoisotopic (exact) mass is 185 g/mol. The Labute approximate surface area is 77.6 Å². The first kappa shape index (κ1) is 10.0. The molecule has 1 saturated heterocycles. The summed E-state index contributed by atoms with van der Waals surface area (Å²) < 4.78 is 4.52. The van der Waals surface area contributed by atoms with Crippen molar-refractivity contribution in [3.05, 3.63) is 0 Å². The molecule has 0 bridgehead atoms. The Hall–Kier alpha value is -1.06. The second kappa shape index (κ2) is 4.84. The smallest absolute Gasteiger partial charge is 0.306 e. The number of hydrogen-bond donors (Lipinski definition) is 1. The molecule has 1 N–H and O–H groups in total. The highest BCUT2D eigenvalue weighted by Gasteiger charge is 2.23. The van der Waals surface area contributed by atoms with Gasteiger partial charge >= 0.3 is 5.97 Å². The minimum absolute atomic E-state index is 0.0112. The van der Waals surface area contributed by atoms with E-state index in [9.17, 15) is 9.59 Å². The molecule has 0 spiro atoms. The third-order valence-electron chi connectivity index (χ3n) is 2.29. The Kier molecular flexibility index (Phi) is 3.73. The number of carbonyl (C=O) groups excluding carboxylic acids is 2. The Bertz CT molecular complexity index is 203. The highest BCUT2D eigenvalue weighted by molar-refractivity contribution is 5.83. The van der Waals surface area contributed by atoms with Crippen molar-refractivity contribution < 1.29 is 14.3 Å². The third-order valence-corrected chi connectivity index (χ3v) is 2.29. The van der Waals surface area contributed by atoms with Crippen LogP contribution in [0.2, 0.25) is 0 Å². The van der Waals surface area contributed by atoms with Crippen molar-refractivity contribution in [2.24, 2.45) is 5.92 Å². The Morgan fingerprint density at radius 1 is 1.62 bits per heavy atom. The molecule has 1 fully saturated rings. The number of methoxy groups -OCH3 is 1. The fraction of sp³-hybridized carbons (Fsp3) is 0.778. The number of rotatable bonds is 2. The Balaban J connectivity index is 2.45. The molecule has 0 aromatic heterocycles. The quantitative estimate of drug-likeness (QED) is 0.636. The molecule has 1 rings (SSSR count). The Morgan fingerprint density at radius 2 is 2.38 bits per heavy atom. The number of amides is 1. The van der Waals surface area contributed by atoms with Crippen LogP contribution in [0.3, 0.4) is 0 Å². The lowest BCUT2D eigenvalue weighted by Gasteiger charge is -2.10. The number of esters is 1. The largest absolute Gasteiger partial charge is 0.469 e. The highest BCUT2D eigenvalue weighted by Crippen LogP contribution is 2.16. The minimum Gasteiger partial charge on any atom is -0.469 e. The zero-order chi connectivity index (χ0) is 9.68. The first-order valence-electron chi connectivity index (χ1n) is 4.58. The van der Waals surface area contributed by atoms with Crippen LogP contribution in [-0.4, -0.2) is 25.5 Å². The van der Waals surface area contributed by atoms with Gasteiger partial charge in [-0.1, -0.05) is 6.42 Å². The van der Waals surface area contributed by atoms with Crippen LogP contribution < -0.4 is 5.32 Å². The van der Waals surface area contributed by atoms with Crippen LogP contribution >= 0.6 is 0 Å². The highest BCUT2D eigenvalue weighted by atomic mass is 16.5. The molecular weight excluding hydrogens is 170 g/mol. The molecule has 4 heteroatoms. The van der Waals surface area contributed by atoms with Crippen molar-refractivity contribution in [3.8, 4) is 0 Å². The van der Waals surface area contributed by atoms with Gasteiger partial charge in [0.2, 0.25) is 5.91 Å². The molecule has 1 amide bonds. The molecule has 1 unspecified atom stereocenters. The Morgan fingerprint density at radius 3 is 3.08 bits per heavy atom. The van der Waals surface area contributed by atoms with Gasteiger partial charge in [-0.05, 0) is 12.8 Å². The van der Waals surface area contributed by atoms with Crippen LogP contribution in [0.4, 0.5) is 0 Å². The van der Waals surface area contributed by atoms with Gasteiger partial charge in [0.25, 0.3) is 0 Å². The fourth-order valence-electron chi connectivity index (χ4n) is 1.48. The molecule has 0 radical (unpaired) electrons. The van der Waals surface area contributed by atoms with E-state index in [2.05, 4.69) is 10.1 Å². The van der Waals surface area contributed by atoms with Crippen LogP contribution in [0.15, 0.2) is 0 Å². The third kappa shape index (κ3) is 3.05. The van der Waals surface area contributed by atoms with Crippen molar-refractivity contribution in [1.29, 1.82) is 0 Å². The van der Waals surface area contributed by atoms with E-state index in [4.69, 9.17) is 0 Å². The van der Waals surface area contributed by atoms with E-state index in [1.165, 1.54) is 7.11 Å². The van der Waals surface area contributed by atoms with E-state index in [1.807, 2.05) is 0 Å². The number of nitrogens with one attached hydrogen (secondary N) is 1. The summed E-state index contributed by atoms with van der Waals surface area (Å²) in [5.74, 6) is -0.500. The molecule has 4 nitrogen and oxygen atoms in total. The molecule has 0 aromatic carbocycles. The van der Waals surface area contributed by atoms with E-state index < -0.39 is 0 Å². The maximum atomic E-state index is 11.3. The zero-order valence-corrected chi connectivity index (χ0v) is 7.84. The molecule has 0 aromatic rings.